The highest BCUT2D eigenvalue weighted by atomic mass is 35.5. The molecule has 2 aromatic heterocycles. The Kier molecular flexibility index (Phi) is 4.51. The third-order valence-electron chi connectivity index (χ3n) is 3.20. The summed E-state index contributed by atoms with van der Waals surface area (Å²) >= 11 is 7.25. The van der Waals surface area contributed by atoms with Crippen LogP contribution >= 0.6 is 22.9 Å². The number of hydrogen-bond donors (Lipinski definition) is 0. The van der Waals surface area contributed by atoms with E-state index in [1.807, 2.05) is 17.0 Å². The van der Waals surface area contributed by atoms with Crippen molar-refractivity contribution in [2.45, 2.75) is 6.42 Å². The Morgan fingerprint density at radius 1 is 1.26 bits per heavy atom. The van der Waals surface area contributed by atoms with Crippen LogP contribution in [0.25, 0.3) is 10.2 Å². The van der Waals surface area contributed by atoms with Crippen molar-refractivity contribution in [3.63, 3.8) is 0 Å². The van der Waals surface area contributed by atoms with Gasteiger partial charge in [-0.3, -0.25) is 4.79 Å². The summed E-state index contributed by atoms with van der Waals surface area (Å²) in [5.74, 6) is 0. The van der Waals surface area contributed by atoms with Crippen molar-refractivity contribution in [1.29, 1.82) is 5.26 Å². The predicted molar refractivity (Wildman–Crippen MR) is 92.4 cm³/mol. The highest BCUT2D eigenvalue weighted by Crippen LogP contribution is 2.29. The number of aromatic nitrogens is 2. The molecule has 0 atom stereocenters. The Hall–Kier alpha value is -2.49. The number of anilines is 2. The van der Waals surface area contributed by atoms with Gasteiger partial charge >= 0.3 is 0 Å². The molecule has 2 heterocycles. The lowest BCUT2D eigenvalue weighted by Crippen LogP contribution is -2.21. The SMILES string of the molecule is N#CCCN(c1ccc(Cl)cc1)c1nc(=O)c2cccnc2s1. The average Bonchev–Trinajstić information content (AvgIpc) is 2.57. The largest absolute Gasteiger partial charge is 0.317 e. The topological polar surface area (TPSA) is 69.9 Å². The molecule has 0 saturated heterocycles. The van der Waals surface area contributed by atoms with Crippen LogP contribution in [0, 0.1) is 11.3 Å². The third-order valence-corrected chi connectivity index (χ3v) is 4.47. The molecule has 3 aromatic rings. The first-order valence-corrected chi connectivity index (χ1v) is 8.04. The molecule has 0 saturated carbocycles. The van der Waals surface area contributed by atoms with Crippen LogP contribution in [0.5, 0.6) is 0 Å². The monoisotopic (exact) mass is 342 g/mol. The molecule has 0 aliphatic carbocycles. The molecule has 0 aliphatic heterocycles. The standard InChI is InChI=1S/C16H11ClN4OS/c17-11-4-6-12(7-5-11)21(10-2-8-18)16-20-14(22)13-3-1-9-19-15(13)23-16/h1,3-7,9H,2,10H2. The van der Waals surface area contributed by atoms with E-state index < -0.39 is 0 Å². The molecule has 1 aromatic carbocycles. The number of rotatable bonds is 4. The zero-order valence-corrected chi connectivity index (χ0v) is 13.5. The Morgan fingerprint density at radius 3 is 2.78 bits per heavy atom. The highest BCUT2D eigenvalue weighted by molar-refractivity contribution is 7.21. The van der Waals surface area contributed by atoms with Gasteiger partial charge in [-0.05, 0) is 36.4 Å². The molecule has 7 heteroatoms. The van der Waals surface area contributed by atoms with E-state index in [-0.39, 0.29) is 5.56 Å². The zero-order valence-electron chi connectivity index (χ0n) is 11.9. The third kappa shape index (κ3) is 3.31. The van der Waals surface area contributed by atoms with E-state index in [2.05, 4.69) is 16.0 Å². The Labute approximate surface area is 141 Å². The zero-order chi connectivity index (χ0) is 16.2. The number of nitriles is 1. The van der Waals surface area contributed by atoms with Crippen molar-refractivity contribution in [3.05, 3.63) is 58.0 Å². The fourth-order valence-corrected chi connectivity index (χ4v) is 3.24. The highest BCUT2D eigenvalue weighted by Gasteiger charge is 2.14. The van der Waals surface area contributed by atoms with E-state index in [9.17, 15) is 4.79 Å². The van der Waals surface area contributed by atoms with Crippen LogP contribution in [0.3, 0.4) is 0 Å². The van der Waals surface area contributed by atoms with Gasteiger partial charge in [-0.2, -0.15) is 10.2 Å². The van der Waals surface area contributed by atoms with E-state index in [0.29, 0.717) is 33.3 Å². The van der Waals surface area contributed by atoms with Crippen LogP contribution in [0.2, 0.25) is 5.02 Å². The molecular formula is C16H11ClN4OS. The fourth-order valence-electron chi connectivity index (χ4n) is 2.12. The first-order valence-electron chi connectivity index (χ1n) is 6.85. The van der Waals surface area contributed by atoms with Crippen molar-refractivity contribution in [2.24, 2.45) is 0 Å². The summed E-state index contributed by atoms with van der Waals surface area (Å²) in [5, 5.41) is 10.5. The van der Waals surface area contributed by atoms with Crippen LogP contribution in [0.4, 0.5) is 10.8 Å². The van der Waals surface area contributed by atoms with Gasteiger partial charge in [0.25, 0.3) is 5.56 Å². The number of fused-ring (bicyclic) bond motifs is 1. The van der Waals surface area contributed by atoms with E-state index >= 15 is 0 Å². The van der Waals surface area contributed by atoms with Gasteiger partial charge in [-0.25, -0.2) is 4.98 Å². The molecule has 114 valence electrons. The van der Waals surface area contributed by atoms with Gasteiger partial charge in [0, 0.05) is 23.5 Å². The van der Waals surface area contributed by atoms with Crippen molar-refractivity contribution < 1.29 is 0 Å². The lowest BCUT2D eigenvalue weighted by Gasteiger charge is -2.21. The van der Waals surface area contributed by atoms with Gasteiger partial charge in [0.15, 0.2) is 5.13 Å². The van der Waals surface area contributed by atoms with Crippen LogP contribution in [0.1, 0.15) is 6.42 Å². The van der Waals surface area contributed by atoms with Crippen molar-refractivity contribution in [3.8, 4) is 6.07 Å². The van der Waals surface area contributed by atoms with E-state index in [0.717, 1.165) is 5.69 Å². The number of halogens is 1. The summed E-state index contributed by atoms with van der Waals surface area (Å²) in [6, 6.07) is 12.7. The maximum atomic E-state index is 12.2. The Bertz CT molecular complexity index is 933. The molecular weight excluding hydrogens is 332 g/mol. The second kappa shape index (κ2) is 6.73. The molecule has 5 nitrogen and oxygen atoms in total. The molecule has 0 amide bonds. The predicted octanol–water partition coefficient (Wildman–Crippen LogP) is 3.76. The normalized spacial score (nSPS) is 10.4. The molecule has 0 spiro atoms. The lowest BCUT2D eigenvalue weighted by atomic mass is 10.3. The quantitative estimate of drug-likeness (QED) is 0.722. The lowest BCUT2D eigenvalue weighted by molar-refractivity contribution is 0.936. The molecule has 3 rings (SSSR count). The molecule has 0 fully saturated rings. The molecule has 0 radical (unpaired) electrons. The summed E-state index contributed by atoms with van der Waals surface area (Å²) in [5.41, 5.74) is 0.501. The van der Waals surface area contributed by atoms with Gasteiger partial charge in [0.2, 0.25) is 0 Å². The minimum atomic E-state index is -0.322. The van der Waals surface area contributed by atoms with Crippen molar-refractivity contribution >= 4 is 44.0 Å². The van der Waals surface area contributed by atoms with Crippen LogP contribution in [-0.2, 0) is 0 Å². The van der Waals surface area contributed by atoms with Gasteiger partial charge in [0.1, 0.15) is 4.83 Å². The molecule has 0 N–H and O–H groups in total. The number of nitrogens with zero attached hydrogens (tertiary/aromatic N) is 4. The molecule has 0 aliphatic rings. The number of pyridine rings is 1. The van der Waals surface area contributed by atoms with Crippen LogP contribution in [-0.4, -0.2) is 16.5 Å². The minimum Gasteiger partial charge on any atom is -0.317 e. The second-order valence-corrected chi connectivity index (χ2v) is 6.09. The van der Waals surface area contributed by atoms with E-state index in [4.69, 9.17) is 16.9 Å². The van der Waals surface area contributed by atoms with E-state index in [1.165, 1.54) is 11.3 Å². The van der Waals surface area contributed by atoms with Crippen molar-refractivity contribution in [2.75, 3.05) is 11.4 Å². The average molecular weight is 343 g/mol. The fraction of sp³-hybridized carbons (Fsp3) is 0.125. The summed E-state index contributed by atoms with van der Waals surface area (Å²) < 4.78 is 0. The summed E-state index contributed by atoms with van der Waals surface area (Å²) in [6.45, 7) is 0.430. The van der Waals surface area contributed by atoms with Gasteiger partial charge in [0.05, 0.1) is 17.9 Å². The number of hydrogen-bond acceptors (Lipinski definition) is 6. The van der Waals surface area contributed by atoms with Crippen LogP contribution in [0.15, 0.2) is 47.4 Å². The minimum absolute atomic E-state index is 0.311. The molecule has 0 unspecified atom stereocenters. The van der Waals surface area contributed by atoms with Gasteiger partial charge < -0.3 is 4.90 Å². The summed E-state index contributed by atoms with van der Waals surface area (Å²) in [6.07, 6.45) is 1.95. The smallest absolute Gasteiger partial charge is 0.282 e. The van der Waals surface area contributed by atoms with Gasteiger partial charge in [-0.1, -0.05) is 22.9 Å². The first kappa shape index (κ1) is 15.4. The first-order chi connectivity index (χ1) is 11.2. The number of benzene rings is 1. The second-order valence-electron chi connectivity index (χ2n) is 4.69. The summed E-state index contributed by atoms with van der Waals surface area (Å²) in [7, 11) is 0. The van der Waals surface area contributed by atoms with Gasteiger partial charge in [-0.15, -0.1) is 0 Å². The van der Waals surface area contributed by atoms with E-state index in [1.54, 1.807) is 30.5 Å². The maximum absolute atomic E-state index is 12.2. The Balaban J connectivity index is 2.11. The molecule has 23 heavy (non-hydrogen) atoms. The molecule has 0 bridgehead atoms. The van der Waals surface area contributed by atoms with Crippen molar-refractivity contribution in [1.82, 2.24) is 9.97 Å². The maximum Gasteiger partial charge on any atom is 0.282 e. The Morgan fingerprint density at radius 2 is 2.04 bits per heavy atom. The summed E-state index contributed by atoms with van der Waals surface area (Å²) in [4.78, 5) is 23.1. The van der Waals surface area contributed by atoms with Crippen LogP contribution < -0.4 is 10.5 Å².